The van der Waals surface area contributed by atoms with Crippen LogP contribution in [0.3, 0.4) is 0 Å². The highest BCUT2D eigenvalue weighted by Gasteiger charge is 2.56. The molecule has 0 spiro atoms. The number of halogens is 1. The Labute approximate surface area is 148 Å². The lowest BCUT2D eigenvalue weighted by Crippen LogP contribution is -2.24. The molecule has 2 aromatic heterocycles. The van der Waals surface area contributed by atoms with Gasteiger partial charge in [-0.1, -0.05) is 24.8 Å². The highest BCUT2D eigenvalue weighted by atomic mass is 19.1. The normalized spacial score (nSPS) is 24.0. The molecule has 7 heteroatoms. The summed E-state index contributed by atoms with van der Waals surface area (Å²) in [6.45, 7) is 5.41. The third-order valence-electron chi connectivity index (χ3n) is 5.41. The second-order valence-corrected chi connectivity index (χ2v) is 6.85. The number of aromatic nitrogens is 4. The Bertz CT molecular complexity index is 1080. The second kappa shape index (κ2) is 5.60. The molecular weight excluding hydrogens is 335 g/mol. The van der Waals surface area contributed by atoms with E-state index < -0.39 is 0 Å². The van der Waals surface area contributed by atoms with Gasteiger partial charge in [-0.2, -0.15) is 10.2 Å². The molecule has 0 amide bonds. The number of ether oxygens (including phenoxy) is 1. The topological polar surface area (TPSA) is 61.9 Å². The largest absolute Gasteiger partial charge is 0.381 e. The van der Waals surface area contributed by atoms with Crippen LogP contribution in [0.15, 0.2) is 41.8 Å². The van der Waals surface area contributed by atoms with Gasteiger partial charge in [0.05, 0.1) is 43.1 Å². The van der Waals surface area contributed by atoms with Gasteiger partial charge in [0.25, 0.3) is 5.56 Å². The average molecular weight is 352 g/mol. The zero-order valence-corrected chi connectivity index (χ0v) is 14.0. The molecule has 3 heterocycles. The lowest BCUT2D eigenvalue weighted by molar-refractivity contribution is 0.149. The fourth-order valence-electron chi connectivity index (χ4n) is 3.96. The Morgan fingerprint density at radius 1 is 1.31 bits per heavy atom. The summed E-state index contributed by atoms with van der Waals surface area (Å²) in [6, 6.07) is 6.64. The predicted octanol–water partition coefficient (Wildman–Crippen LogP) is 2.24. The third-order valence-corrected chi connectivity index (χ3v) is 5.41. The second-order valence-electron chi connectivity index (χ2n) is 6.85. The lowest BCUT2D eigenvalue weighted by atomic mass is 10.2. The Morgan fingerprint density at radius 2 is 2.08 bits per heavy atom. The molecule has 1 unspecified atom stereocenters. The molecule has 3 aromatic rings. The van der Waals surface area contributed by atoms with Gasteiger partial charge in [0, 0.05) is 17.4 Å². The SMILES string of the molecule is C=Cc1c2cnn(C3[C@H]4COC[C@@H]34)c(=O)c2nn1Cc1ccccc1F. The molecular formula is C19H17FN4O2. The first-order valence-corrected chi connectivity index (χ1v) is 8.61. The highest BCUT2D eigenvalue weighted by Crippen LogP contribution is 2.53. The van der Waals surface area contributed by atoms with Crippen molar-refractivity contribution in [3.63, 3.8) is 0 Å². The van der Waals surface area contributed by atoms with Gasteiger partial charge in [-0.05, 0) is 12.1 Å². The van der Waals surface area contributed by atoms with E-state index in [1.807, 2.05) is 0 Å². The summed E-state index contributed by atoms with van der Waals surface area (Å²) in [5.74, 6) is 0.442. The summed E-state index contributed by atoms with van der Waals surface area (Å²) in [5.41, 5.74) is 1.30. The molecule has 1 aliphatic carbocycles. The summed E-state index contributed by atoms with van der Waals surface area (Å²) in [6.07, 6.45) is 3.29. The molecule has 2 aliphatic rings. The van der Waals surface area contributed by atoms with Crippen LogP contribution in [0.1, 0.15) is 17.3 Å². The maximum atomic E-state index is 14.0. The summed E-state index contributed by atoms with van der Waals surface area (Å²) < 4.78 is 22.5. The van der Waals surface area contributed by atoms with Gasteiger partial charge in [0.15, 0.2) is 5.52 Å². The van der Waals surface area contributed by atoms with Crippen molar-refractivity contribution in [2.24, 2.45) is 11.8 Å². The van der Waals surface area contributed by atoms with Crippen molar-refractivity contribution in [1.82, 2.24) is 19.6 Å². The maximum Gasteiger partial charge on any atom is 0.295 e. The molecule has 0 bridgehead atoms. The van der Waals surface area contributed by atoms with Crippen molar-refractivity contribution in [3.05, 3.63) is 64.5 Å². The van der Waals surface area contributed by atoms with Crippen molar-refractivity contribution in [2.45, 2.75) is 12.6 Å². The van der Waals surface area contributed by atoms with Crippen LogP contribution in [-0.4, -0.2) is 32.8 Å². The van der Waals surface area contributed by atoms with Gasteiger partial charge in [-0.25, -0.2) is 9.07 Å². The summed E-state index contributed by atoms with van der Waals surface area (Å²) in [7, 11) is 0. The molecule has 1 saturated heterocycles. The van der Waals surface area contributed by atoms with Gasteiger partial charge in [-0.15, -0.1) is 0 Å². The van der Waals surface area contributed by atoms with Gasteiger partial charge in [-0.3, -0.25) is 9.48 Å². The molecule has 6 nitrogen and oxygen atoms in total. The van der Waals surface area contributed by atoms with Gasteiger partial charge in [0.1, 0.15) is 5.82 Å². The number of benzene rings is 1. The van der Waals surface area contributed by atoms with Gasteiger partial charge >= 0.3 is 0 Å². The van der Waals surface area contributed by atoms with Crippen molar-refractivity contribution in [3.8, 4) is 0 Å². The number of hydrogen-bond donors (Lipinski definition) is 0. The van der Waals surface area contributed by atoms with E-state index in [4.69, 9.17) is 4.74 Å². The van der Waals surface area contributed by atoms with Crippen LogP contribution in [0.5, 0.6) is 0 Å². The standard InChI is InChI=1S/C19H17FN4O2/c1-2-16-12-7-21-24(18-13-9-26-10-14(13)18)19(25)17(12)22-23(16)8-11-5-3-4-6-15(11)20/h2-7,13-14,18H,1,8-10H2/t13-,14+,18?. The summed E-state index contributed by atoms with van der Waals surface area (Å²) in [5, 5.41) is 9.47. The molecule has 2 fully saturated rings. The number of rotatable bonds is 4. The molecule has 5 rings (SSSR count). The monoisotopic (exact) mass is 352 g/mol. The third kappa shape index (κ3) is 2.17. The van der Waals surface area contributed by atoms with E-state index in [1.165, 1.54) is 10.7 Å². The lowest BCUT2D eigenvalue weighted by Gasteiger charge is -2.06. The molecule has 1 aromatic carbocycles. The predicted molar refractivity (Wildman–Crippen MR) is 94.2 cm³/mol. The maximum absolute atomic E-state index is 14.0. The molecule has 26 heavy (non-hydrogen) atoms. The smallest absolute Gasteiger partial charge is 0.295 e. The Morgan fingerprint density at radius 3 is 2.81 bits per heavy atom. The van der Waals surface area contributed by atoms with Crippen LogP contribution < -0.4 is 5.56 Å². The van der Waals surface area contributed by atoms with Crippen molar-refractivity contribution >= 4 is 17.0 Å². The van der Waals surface area contributed by atoms with Crippen LogP contribution in [-0.2, 0) is 11.3 Å². The Hall–Kier alpha value is -2.80. The van der Waals surface area contributed by atoms with Gasteiger partial charge in [0.2, 0.25) is 0 Å². The van der Waals surface area contributed by atoms with Crippen LogP contribution in [0, 0.1) is 17.7 Å². The fraction of sp³-hybridized carbons (Fsp3) is 0.316. The number of fused-ring (bicyclic) bond motifs is 2. The Balaban J connectivity index is 1.59. The molecule has 1 saturated carbocycles. The van der Waals surface area contributed by atoms with E-state index in [0.717, 1.165) is 0 Å². The van der Waals surface area contributed by atoms with E-state index in [0.29, 0.717) is 47.2 Å². The van der Waals surface area contributed by atoms with E-state index in [9.17, 15) is 9.18 Å². The molecule has 0 radical (unpaired) electrons. The molecule has 0 N–H and O–H groups in total. The summed E-state index contributed by atoms with van der Waals surface area (Å²) >= 11 is 0. The summed E-state index contributed by atoms with van der Waals surface area (Å²) in [4.78, 5) is 12.9. The first-order valence-electron chi connectivity index (χ1n) is 8.61. The molecule has 132 valence electrons. The highest BCUT2D eigenvalue weighted by molar-refractivity contribution is 5.85. The minimum absolute atomic E-state index is 0.101. The number of nitrogens with zero attached hydrogens (tertiary/aromatic N) is 4. The van der Waals surface area contributed by atoms with E-state index in [2.05, 4.69) is 16.8 Å². The van der Waals surface area contributed by atoms with Gasteiger partial charge < -0.3 is 4.74 Å². The quantitative estimate of drug-likeness (QED) is 0.722. The average Bonchev–Trinajstić information content (AvgIpc) is 2.98. The molecule has 3 atom stereocenters. The van der Waals surface area contributed by atoms with Crippen LogP contribution in [0.4, 0.5) is 4.39 Å². The van der Waals surface area contributed by atoms with Crippen LogP contribution in [0.25, 0.3) is 17.0 Å². The van der Waals surface area contributed by atoms with Crippen molar-refractivity contribution < 1.29 is 9.13 Å². The van der Waals surface area contributed by atoms with Crippen LogP contribution >= 0.6 is 0 Å². The minimum Gasteiger partial charge on any atom is -0.381 e. The fourth-order valence-corrected chi connectivity index (χ4v) is 3.96. The van der Waals surface area contributed by atoms with E-state index in [1.54, 1.807) is 35.2 Å². The van der Waals surface area contributed by atoms with Crippen molar-refractivity contribution in [2.75, 3.05) is 13.2 Å². The zero-order valence-electron chi connectivity index (χ0n) is 14.0. The van der Waals surface area contributed by atoms with E-state index in [-0.39, 0.29) is 24.0 Å². The first-order chi connectivity index (χ1) is 12.7. The Kier molecular flexibility index (Phi) is 3.33. The van der Waals surface area contributed by atoms with Crippen LogP contribution in [0.2, 0.25) is 0 Å². The van der Waals surface area contributed by atoms with E-state index >= 15 is 0 Å². The zero-order chi connectivity index (χ0) is 17.8. The molecule has 1 aliphatic heterocycles. The van der Waals surface area contributed by atoms with Crippen molar-refractivity contribution in [1.29, 1.82) is 0 Å². The minimum atomic E-state index is -0.302. The first kappa shape index (κ1) is 15.5. The number of hydrogen-bond acceptors (Lipinski definition) is 4.